The Morgan fingerprint density at radius 3 is 2.07 bits per heavy atom. The molecule has 1 aromatic heterocycles. The summed E-state index contributed by atoms with van der Waals surface area (Å²) < 4.78 is 25.2. The quantitative estimate of drug-likeness (QED) is 0.0419. The van der Waals surface area contributed by atoms with Crippen molar-refractivity contribution in [2.75, 3.05) is 13.2 Å². The number of ether oxygens (including phenoxy) is 2. The minimum Gasteiger partial charge on any atom is -0.462 e. The molecule has 6 N–H and O–H groups in total. The van der Waals surface area contributed by atoms with Crippen LogP contribution in [0.5, 0.6) is 0 Å². The van der Waals surface area contributed by atoms with E-state index >= 15 is 4.39 Å². The number of aromatic nitrogens is 2. The zero-order valence-corrected chi connectivity index (χ0v) is 24.7. The predicted molar refractivity (Wildman–Crippen MR) is 149 cm³/mol. The molecule has 242 valence electrons. The highest BCUT2D eigenvalue weighted by molar-refractivity contribution is 5.88. The minimum atomic E-state index is -3.46. The third-order valence-electron chi connectivity index (χ3n) is 7.66. The van der Waals surface area contributed by atoms with Crippen LogP contribution in [-0.2, 0) is 15.4 Å². The first-order valence-electron chi connectivity index (χ1n) is 15.1. The van der Waals surface area contributed by atoms with Gasteiger partial charge in [-0.2, -0.15) is 0 Å². The number of halogens is 1. The lowest BCUT2D eigenvalue weighted by molar-refractivity contribution is -0.428. The van der Waals surface area contributed by atoms with Gasteiger partial charge in [-0.1, -0.05) is 84.0 Å². The Labute approximate surface area is 244 Å². The Morgan fingerprint density at radius 2 is 1.57 bits per heavy atom. The Hall–Kier alpha value is -2.20. The minimum absolute atomic E-state index is 0.112. The Kier molecular flexibility index (Phi) is 14.7. The lowest BCUT2D eigenvalue weighted by Crippen LogP contribution is -2.70. The highest BCUT2D eigenvalue weighted by atomic mass is 19.1. The van der Waals surface area contributed by atoms with Crippen LogP contribution in [0.1, 0.15) is 114 Å². The number of nitrogens with zero attached hydrogens (tertiary/aromatic N) is 2. The number of rotatable bonds is 20. The first kappa shape index (κ1) is 36.0. The number of aliphatic hydroxyl groups is 4. The molecule has 1 aliphatic rings. The highest BCUT2D eigenvalue weighted by Gasteiger charge is 2.71. The van der Waals surface area contributed by atoms with E-state index in [2.05, 4.69) is 6.92 Å². The monoisotopic (exact) mass is 605 g/mol. The molecule has 5 atom stereocenters. The molecule has 42 heavy (non-hydrogen) atoms. The van der Waals surface area contributed by atoms with Gasteiger partial charge in [0.25, 0.3) is 5.56 Å². The molecule has 1 saturated heterocycles. The number of hydrogen-bond acceptors (Lipinski definition) is 11. The van der Waals surface area contributed by atoms with Crippen molar-refractivity contribution in [3.63, 3.8) is 0 Å². The molecule has 0 radical (unpaired) electrons. The van der Waals surface area contributed by atoms with Crippen LogP contribution >= 0.6 is 0 Å². The number of aromatic amines is 1. The van der Waals surface area contributed by atoms with Crippen molar-refractivity contribution in [3.05, 3.63) is 32.6 Å². The number of esters is 1. The number of nitrogens with one attached hydrogen (secondary N) is 1. The Bertz CT molecular complexity index is 1080. The van der Waals surface area contributed by atoms with Crippen LogP contribution in [0.4, 0.5) is 4.39 Å². The van der Waals surface area contributed by atoms with Gasteiger partial charge in [-0.3, -0.25) is 9.78 Å². The van der Waals surface area contributed by atoms with Crippen LogP contribution in [0.15, 0.2) is 15.8 Å². The zero-order valence-electron chi connectivity index (χ0n) is 24.7. The number of H-pyrrole nitrogens is 1. The van der Waals surface area contributed by atoms with Gasteiger partial charge in [0.1, 0.15) is 17.8 Å². The summed E-state index contributed by atoms with van der Waals surface area (Å²) in [6, 6.07) is 0. The molecular weight excluding hydrogens is 557 g/mol. The van der Waals surface area contributed by atoms with Gasteiger partial charge in [0.05, 0.1) is 13.2 Å². The molecule has 13 nitrogen and oxygen atoms in total. The highest BCUT2D eigenvalue weighted by Crippen LogP contribution is 2.44. The van der Waals surface area contributed by atoms with Crippen LogP contribution in [0, 0.1) is 0 Å². The number of aliphatic hydroxyl groups excluding tert-OH is 2. The normalized spacial score (nSPS) is 24.8. The smallest absolute Gasteiger partial charge is 0.345 e. The molecule has 1 fully saturated rings. The summed E-state index contributed by atoms with van der Waals surface area (Å²) in [5.41, 5.74) is -6.86. The molecule has 14 heteroatoms. The maximum Gasteiger partial charge on any atom is 0.345 e. The number of carbonyl (C=O) groups excluding carboxylic acids is 1. The van der Waals surface area contributed by atoms with Crippen molar-refractivity contribution in [1.29, 1.82) is 0 Å². The largest absolute Gasteiger partial charge is 0.462 e. The van der Waals surface area contributed by atoms with Crippen molar-refractivity contribution in [2.24, 2.45) is 0 Å². The van der Waals surface area contributed by atoms with Crippen LogP contribution in [0.3, 0.4) is 0 Å². The average molecular weight is 606 g/mol. The molecule has 1 unspecified atom stereocenters. The molecule has 1 aromatic rings. The van der Waals surface area contributed by atoms with E-state index in [0.29, 0.717) is 19.0 Å². The van der Waals surface area contributed by atoms with E-state index in [0.717, 1.165) is 25.7 Å². The second-order valence-corrected chi connectivity index (χ2v) is 10.8. The molecule has 0 amide bonds. The summed E-state index contributed by atoms with van der Waals surface area (Å²) in [7, 11) is 0. The van der Waals surface area contributed by atoms with Crippen LogP contribution < -0.4 is 11.2 Å². The molecule has 2 rings (SSSR count). The van der Waals surface area contributed by atoms with Gasteiger partial charge in [0.15, 0.2) is 6.30 Å². The second-order valence-electron chi connectivity index (χ2n) is 10.8. The molecule has 0 aromatic carbocycles. The van der Waals surface area contributed by atoms with Gasteiger partial charge in [0, 0.05) is 6.20 Å². The van der Waals surface area contributed by atoms with Gasteiger partial charge < -0.3 is 35.1 Å². The molecule has 0 bridgehead atoms. The van der Waals surface area contributed by atoms with E-state index < -0.39 is 59.5 Å². The van der Waals surface area contributed by atoms with E-state index in [-0.39, 0.29) is 22.7 Å². The lowest BCUT2D eigenvalue weighted by atomic mass is 9.99. The van der Waals surface area contributed by atoms with Crippen molar-refractivity contribution in [3.8, 4) is 0 Å². The van der Waals surface area contributed by atoms with Gasteiger partial charge in [-0.15, -0.1) is 5.06 Å². The number of unbranched alkanes of at least 4 members (excludes halogenated alkanes) is 12. The van der Waals surface area contributed by atoms with Crippen molar-refractivity contribution in [2.45, 2.75) is 134 Å². The maximum absolute atomic E-state index is 15.2. The fourth-order valence-corrected chi connectivity index (χ4v) is 5.19. The van der Waals surface area contributed by atoms with Crippen molar-refractivity contribution in [1.82, 2.24) is 14.6 Å². The average Bonchev–Trinajstić information content (AvgIpc) is 3.16. The third kappa shape index (κ3) is 8.46. The van der Waals surface area contributed by atoms with Crippen LogP contribution in [0.25, 0.3) is 0 Å². The number of hydroxylamine groups is 2. The predicted octanol–water partition coefficient (Wildman–Crippen LogP) is 2.22. The lowest BCUT2D eigenvalue weighted by Gasteiger charge is -2.43. The molecule has 2 heterocycles. The molecule has 0 saturated carbocycles. The first-order valence-corrected chi connectivity index (χ1v) is 15.1. The van der Waals surface area contributed by atoms with E-state index in [1.54, 1.807) is 4.98 Å². The van der Waals surface area contributed by atoms with Gasteiger partial charge in [-0.05, 0) is 19.8 Å². The fraction of sp³-hybridized carbons (Fsp3) is 0.821. The van der Waals surface area contributed by atoms with Gasteiger partial charge in [0.2, 0.25) is 5.72 Å². The third-order valence-corrected chi connectivity index (χ3v) is 7.66. The van der Waals surface area contributed by atoms with Crippen LogP contribution in [-0.4, -0.2) is 83.7 Å². The summed E-state index contributed by atoms with van der Waals surface area (Å²) >= 11 is 0. The molecule has 1 aliphatic heterocycles. The summed E-state index contributed by atoms with van der Waals surface area (Å²) in [6.45, 7) is 2.50. The summed E-state index contributed by atoms with van der Waals surface area (Å²) in [5, 5.41) is 53.3. The number of alkyl halides is 1. The summed E-state index contributed by atoms with van der Waals surface area (Å²) in [4.78, 5) is 38.7. The first-order chi connectivity index (χ1) is 20.0. The SMILES string of the molecule is CCCCCCCCCCCCCCCC(F)N(O)[C@@]1(O)[C@H](O)[C@@H](CO)O[C@@]1(O)n1cc(C(=O)OCC)c(=O)[nH]c1=O. The standard InChI is InChI=1S/C28H48FN3O10/c1-3-5-6-7-8-9-10-11-12-13-14-15-16-17-22(29)32(40)27(38)23(34)21(19-33)42-28(27,39)31-18-20(25(36)41-4-2)24(35)30-26(31)37/h18,21-23,33-34,38-40H,3-17,19H2,1-2H3,(H,30,35,37)/t21-,22?,23-,27-,28-/m1/s1. The zero-order chi connectivity index (χ0) is 31.3. The fourth-order valence-electron chi connectivity index (χ4n) is 5.19. The van der Waals surface area contributed by atoms with Crippen LogP contribution in [0.2, 0.25) is 0 Å². The van der Waals surface area contributed by atoms with Gasteiger partial charge >= 0.3 is 17.6 Å². The van der Waals surface area contributed by atoms with Crippen molar-refractivity contribution >= 4 is 5.97 Å². The van der Waals surface area contributed by atoms with E-state index in [9.17, 15) is 40.0 Å². The van der Waals surface area contributed by atoms with E-state index in [1.165, 1.54) is 51.9 Å². The second kappa shape index (κ2) is 17.2. The van der Waals surface area contributed by atoms with Crippen molar-refractivity contribution < 1.29 is 44.3 Å². The topological polar surface area (TPSA) is 195 Å². The maximum atomic E-state index is 15.2. The Balaban J connectivity index is 2.03. The van der Waals surface area contributed by atoms with Gasteiger partial charge in [-0.25, -0.2) is 18.5 Å². The number of hydrogen-bond donors (Lipinski definition) is 6. The van der Waals surface area contributed by atoms with E-state index in [4.69, 9.17) is 9.47 Å². The number of carbonyl (C=O) groups is 1. The Morgan fingerprint density at radius 1 is 1.05 bits per heavy atom. The summed E-state index contributed by atoms with van der Waals surface area (Å²) in [6.07, 6.45) is 7.45. The summed E-state index contributed by atoms with van der Waals surface area (Å²) in [5.74, 6) is -4.65. The molecule has 0 spiro atoms. The molecule has 0 aliphatic carbocycles. The molecular formula is C28H48FN3O10. The van der Waals surface area contributed by atoms with E-state index in [1.807, 2.05) is 0 Å².